The van der Waals surface area contributed by atoms with E-state index >= 15 is 0 Å². The zero-order chi connectivity index (χ0) is 17.8. The fourth-order valence-electron chi connectivity index (χ4n) is 2.68. The molecule has 25 heavy (non-hydrogen) atoms. The molecule has 0 radical (unpaired) electrons. The van der Waals surface area contributed by atoms with Crippen LogP contribution in [0.1, 0.15) is 0 Å². The summed E-state index contributed by atoms with van der Waals surface area (Å²) in [7, 11) is 0. The molecule has 2 heterocycles. The number of piperazine rings is 1. The predicted octanol–water partition coefficient (Wildman–Crippen LogP) is 1.35. The lowest BCUT2D eigenvalue weighted by atomic mass is 10.2. The number of carbonyl (C=O) groups excluding carboxylic acids is 1. The topological polar surface area (TPSA) is 104 Å². The SMILES string of the molecule is O=C(CN1CCN(c2cccc(F)c2[N+](=O)[O-])CC1)Nc1nncs1. The first-order valence-electron chi connectivity index (χ1n) is 7.51. The van der Waals surface area contributed by atoms with E-state index in [1.165, 1.54) is 22.9 Å². The number of nitrogens with one attached hydrogen (secondary N) is 1. The smallest absolute Gasteiger partial charge is 0.327 e. The van der Waals surface area contributed by atoms with Crippen molar-refractivity contribution in [2.75, 3.05) is 42.9 Å². The van der Waals surface area contributed by atoms with Crippen molar-refractivity contribution in [3.63, 3.8) is 0 Å². The normalized spacial score (nSPS) is 15.2. The number of benzene rings is 1. The quantitative estimate of drug-likeness (QED) is 0.629. The molecule has 1 aliphatic heterocycles. The second-order valence-electron chi connectivity index (χ2n) is 5.42. The summed E-state index contributed by atoms with van der Waals surface area (Å²) >= 11 is 1.24. The average molecular weight is 366 g/mol. The van der Waals surface area contributed by atoms with Gasteiger partial charge in [0.15, 0.2) is 0 Å². The third-order valence-electron chi connectivity index (χ3n) is 3.83. The van der Waals surface area contributed by atoms with Gasteiger partial charge in [-0.1, -0.05) is 17.4 Å². The van der Waals surface area contributed by atoms with Crippen molar-refractivity contribution in [3.05, 3.63) is 39.6 Å². The molecule has 1 saturated heterocycles. The summed E-state index contributed by atoms with van der Waals surface area (Å²) in [5.41, 5.74) is 1.29. The Morgan fingerprint density at radius 3 is 2.76 bits per heavy atom. The maximum atomic E-state index is 13.7. The molecule has 0 spiro atoms. The number of carbonyl (C=O) groups is 1. The highest BCUT2D eigenvalue weighted by Gasteiger charge is 2.27. The van der Waals surface area contributed by atoms with Gasteiger partial charge in [-0.05, 0) is 12.1 Å². The lowest BCUT2D eigenvalue weighted by Crippen LogP contribution is -2.48. The number of halogens is 1. The summed E-state index contributed by atoms with van der Waals surface area (Å²) in [5, 5.41) is 21.6. The van der Waals surface area contributed by atoms with Crippen LogP contribution in [0.3, 0.4) is 0 Å². The second kappa shape index (κ2) is 7.49. The molecule has 1 aliphatic rings. The highest BCUT2D eigenvalue weighted by molar-refractivity contribution is 7.13. The first-order valence-corrected chi connectivity index (χ1v) is 8.39. The summed E-state index contributed by atoms with van der Waals surface area (Å²) < 4.78 is 13.7. The molecule has 0 bridgehead atoms. The molecule has 9 nitrogen and oxygen atoms in total. The van der Waals surface area contributed by atoms with Gasteiger partial charge in [-0.3, -0.25) is 25.1 Å². The van der Waals surface area contributed by atoms with Crippen molar-refractivity contribution in [1.29, 1.82) is 0 Å². The van der Waals surface area contributed by atoms with Gasteiger partial charge in [-0.25, -0.2) is 0 Å². The van der Waals surface area contributed by atoms with Crippen molar-refractivity contribution in [3.8, 4) is 0 Å². The minimum atomic E-state index is -0.846. The molecule has 11 heteroatoms. The standard InChI is InChI=1S/C14H15FN6O3S/c15-10-2-1-3-11(13(10)21(23)24)20-6-4-19(5-7-20)8-12(22)17-14-18-16-9-25-14/h1-3,9H,4-8H2,(H,17,18,22). The van der Waals surface area contributed by atoms with Crippen LogP contribution in [-0.2, 0) is 4.79 Å². The fraction of sp³-hybridized carbons (Fsp3) is 0.357. The summed E-state index contributed by atoms with van der Waals surface area (Å²) in [5.74, 6) is -1.04. The van der Waals surface area contributed by atoms with Crippen LogP contribution in [-0.4, -0.2) is 58.7 Å². The van der Waals surface area contributed by atoms with Crippen molar-refractivity contribution in [2.24, 2.45) is 0 Å². The monoisotopic (exact) mass is 366 g/mol. The van der Waals surface area contributed by atoms with Crippen molar-refractivity contribution in [1.82, 2.24) is 15.1 Å². The van der Waals surface area contributed by atoms with Crippen LogP contribution < -0.4 is 10.2 Å². The van der Waals surface area contributed by atoms with E-state index in [1.807, 2.05) is 4.90 Å². The van der Waals surface area contributed by atoms with Crippen LogP contribution in [0.5, 0.6) is 0 Å². The fourth-order valence-corrected chi connectivity index (χ4v) is 3.14. The lowest BCUT2D eigenvalue weighted by Gasteiger charge is -2.35. The van der Waals surface area contributed by atoms with Crippen molar-refractivity contribution >= 4 is 33.8 Å². The predicted molar refractivity (Wildman–Crippen MR) is 90.2 cm³/mol. The number of nitro benzene ring substituents is 1. The molecule has 1 N–H and O–H groups in total. The maximum Gasteiger partial charge on any atom is 0.327 e. The summed E-state index contributed by atoms with van der Waals surface area (Å²) in [6.07, 6.45) is 0. The average Bonchev–Trinajstić information content (AvgIpc) is 3.07. The van der Waals surface area contributed by atoms with Gasteiger partial charge in [0.25, 0.3) is 0 Å². The Morgan fingerprint density at radius 1 is 1.36 bits per heavy atom. The van der Waals surface area contributed by atoms with Gasteiger partial charge >= 0.3 is 5.69 Å². The highest BCUT2D eigenvalue weighted by Crippen LogP contribution is 2.31. The molecule has 132 valence electrons. The van der Waals surface area contributed by atoms with Gasteiger partial charge < -0.3 is 4.90 Å². The maximum absolute atomic E-state index is 13.7. The van der Waals surface area contributed by atoms with E-state index < -0.39 is 16.4 Å². The molecular formula is C14H15FN6O3S. The third-order valence-corrected chi connectivity index (χ3v) is 4.44. The van der Waals surface area contributed by atoms with E-state index in [0.29, 0.717) is 31.3 Å². The second-order valence-corrected chi connectivity index (χ2v) is 6.25. The summed E-state index contributed by atoms with van der Waals surface area (Å²) in [6, 6.07) is 4.08. The Hall–Kier alpha value is -2.66. The van der Waals surface area contributed by atoms with Crippen molar-refractivity contribution in [2.45, 2.75) is 0 Å². The number of hydrogen-bond donors (Lipinski definition) is 1. The Bertz CT molecular complexity index is 764. The number of para-hydroxylation sites is 1. The zero-order valence-electron chi connectivity index (χ0n) is 13.1. The van der Waals surface area contributed by atoms with Crippen molar-refractivity contribution < 1.29 is 14.1 Å². The van der Waals surface area contributed by atoms with Crippen LogP contribution in [0.4, 0.5) is 20.9 Å². The molecule has 0 saturated carbocycles. The van der Waals surface area contributed by atoms with E-state index in [0.717, 1.165) is 6.07 Å². The van der Waals surface area contributed by atoms with Crippen LogP contribution in [0.25, 0.3) is 0 Å². The number of nitrogens with zero attached hydrogens (tertiary/aromatic N) is 5. The molecule has 3 rings (SSSR count). The van der Waals surface area contributed by atoms with E-state index in [2.05, 4.69) is 15.5 Å². The molecule has 0 aliphatic carbocycles. The minimum Gasteiger partial charge on any atom is -0.363 e. The molecular weight excluding hydrogens is 351 g/mol. The molecule has 1 fully saturated rings. The van der Waals surface area contributed by atoms with E-state index in [1.54, 1.807) is 11.0 Å². The molecule has 1 aromatic carbocycles. The number of anilines is 2. The molecule has 1 aromatic heterocycles. The molecule has 2 aromatic rings. The van der Waals surface area contributed by atoms with Gasteiger partial charge in [0.1, 0.15) is 11.2 Å². The Kier molecular flexibility index (Phi) is 5.14. The third kappa shape index (κ3) is 4.06. The van der Waals surface area contributed by atoms with Gasteiger partial charge in [0.05, 0.1) is 11.5 Å². The summed E-state index contributed by atoms with van der Waals surface area (Å²) in [4.78, 5) is 26.1. The number of amides is 1. The van der Waals surface area contributed by atoms with E-state index in [4.69, 9.17) is 0 Å². The number of nitro groups is 1. The number of aromatic nitrogens is 2. The Morgan fingerprint density at radius 2 is 2.12 bits per heavy atom. The van der Waals surface area contributed by atoms with Gasteiger partial charge in [-0.2, -0.15) is 4.39 Å². The number of hydrogen-bond acceptors (Lipinski definition) is 8. The van der Waals surface area contributed by atoms with Crippen LogP contribution in [0, 0.1) is 15.9 Å². The van der Waals surface area contributed by atoms with Gasteiger partial charge in [-0.15, -0.1) is 10.2 Å². The zero-order valence-corrected chi connectivity index (χ0v) is 13.9. The Balaban J connectivity index is 1.58. The van der Waals surface area contributed by atoms with E-state index in [-0.39, 0.29) is 18.1 Å². The van der Waals surface area contributed by atoms with E-state index in [9.17, 15) is 19.3 Å². The minimum absolute atomic E-state index is 0.193. The van der Waals surface area contributed by atoms with Crippen LogP contribution in [0.2, 0.25) is 0 Å². The number of rotatable bonds is 5. The largest absolute Gasteiger partial charge is 0.363 e. The van der Waals surface area contributed by atoms with Crippen LogP contribution >= 0.6 is 11.3 Å². The van der Waals surface area contributed by atoms with Gasteiger partial charge in [0, 0.05) is 26.2 Å². The highest BCUT2D eigenvalue weighted by atomic mass is 32.1. The molecule has 1 amide bonds. The first kappa shape index (κ1) is 17.2. The summed E-state index contributed by atoms with van der Waals surface area (Å²) in [6.45, 7) is 2.21. The lowest BCUT2D eigenvalue weighted by molar-refractivity contribution is -0.386. The first-order chi connectivity index (χ1) is 12.0. The Labute approximate surface area is 146 Å². The van der Waals surface area contributed by atoms with Crippen LogP contribution in [0.15, 0.2) is 23.7 Å². The van der Waals surface area contributed by atoms with Gasteiger partial charge in [0.2, 0.25) is 16.9 Å². The molecule has 0 unspecified atom stereocenters. The molecule has 0 atom stereocenters.